The van der Waals surface area contributed by atoms with Crippen LogP contribution in [0.5, 0.6) is 0 Å². The van der Waals surface area contributed by atoms with Gasteiger partial charge < -0.3 is 10.6 Å². The summed E-state index contributed by atoms with van der Waals surface area (Å²) in [6.07, 6.45) is 8.09. The van der Waals surface area contributed by atoms with Crippen molar-refractivity contribution < 1.29 is 0 Å². The van der Waals surface area contributed by atoms with Gasteiger partial charge in [-0.05, 0) is 55.8 Å². The molecule has 0 spiro atoms. The molecular weight excluding hydrogens is 232 g/mol. The Bertz CT molecular complexity index is 394. The van der Waals surface area contributed by atoms with E-state index in [1.54, 1.807) is 0 Å². The summed E-state index contributed by atoms with van der Waals surface area (Å²) in [4.78, 5) is 2.44. The molecule has 0 amide bonds. The average molecular weight is 260 g/mol. The van der Waals surface area contributed by atoms with Crippen molar-refractivity contribution >= 4 is 5.69 Å². The van der Waals surface area contributed by atoms with Crippen LogP contribution in [0.3, 0.4) is 0 Å². The number of hydrogen-bond donors (Lipinski definition) is 1. The number of anilines is 1. The zero-order valence-corrected chi connectivity index (χ0v) is 12.5. The molecule has 0 unspecified atom stereocenters. The molecule has 0 heterocycles. The normalized spacial score (nSPS) is 16.6. The first-order valence-electron chi connectivity index (χ1n) is 7.71. The van der Waals surface area contributed by atoms with Crippen LogP contribution in [0.15, 0.2) is 18.2 Å². The lowest BCUT2D eigenvalue weighted by atomic mass is 9.89. The Morgan fingerprint density at radius 1 is 1.21 bits per heavy atom. The number of rotatable bonds is 5. The van der Waals surface area contributed by atoms with E-state index < -0.39 is 0 Å². The quantitative estimate of drug-likeness (QED) is 0.878. The van der Waals surface area contributed by atoms with Crippen LogP contribution in [-0.2, 0) is 6.42 Å². The topological polar surface area (TPSA) is 29.3 Å². The first-order valence-corrected chi connectivity index (χ1v) is 7.71. The Morgan fingerprint density at radius 3 is 2.58 bits per heavy atom. The Hall–Kier alpha value is -1.02. The van der Waals surface area contributed by atoms with Crippen molar-refractivity contribution in [3.8, 4) is 0 Å². The maximum absolute atomic E-state index is 5.62. The van der Waals surface area contributed by atoms with E-state index in [0.717, 1.165) is 18.9 Å². The van der Waals surface area contributed by atoms with Crippen LogP contribution in [0.4, 0.5) is 5.69 Å². The Labute approximate surface area is 118 Å². The molecule has 1 aliphatic rings. The van der Waals surface area contributed by atoms with Crippen molar-refractivity contribution in [2.45, 2.75) is 45.4 Å². The highest BCUT2D eigenvalue weighted by molar-refractivity contribution is 5.54. The predicted octanol–water partition coefficient (Wildman–Crippen LogP) is 3.51. The molecule has 1 aromatic carbocycles. The minimum Gasteiger partial charge on any atom is -0.374 e. The Kier molecular flexibility index (Phi) is 5.26. The molecule has 1 saturated carbocycles. The highest BCUT2D eigenvalue weighted by atomic mass is 15.1. The van der Waals surface area contributed by atoms with Crippen LogP contribution in [-0.4, -0.2) is 20.1 Å². The Balaban J connectivity index is 1.99. The second kappa shape index (κ2) is 6.95. The lowest BCUT2D eigenvalue weighted by Crippen LogP contribution is -2.27. The van der Waals surface area contributed by atoms with Gasteiger partial charge in [0.25, 0.3) is 0 Å². The minimum absolute atomic E-state index is 0.733. The third kappa shape index (κ3) is 3.97. The van der Waals surface area contributed by atoms with E-state index in [2.05, 4.69) is 37.1 Å². The minimum atomic E-state index is 0.733. The molecule has 2 N–H and O–H groups in total. The lowest BCUT2D eigenvalue weighted by Gasteiger charge is -2.29. The Morgan fingerprint density at radius 2 is 1.95 bits per heavy atom. The zero-order chi connectivity index (χ0) is 13.7. The van der Waals surface area contributed by atoms with Gasteiger partial charge in [0.1, 0.15) is 0 Å². The third-order valence-corrected chi connectivity index (χ3v) is 4.36. The van der Waals surface area contributed by atoms with Gasteiger partial charge in [0, 0.05) is 19.3 Å². The van der Waals surface area contributed by atoms with Crippen molar-refractivity contribution in [1.29, 1.82) is 0 Å². The summed E-state index contributed by atoms with van der Waals surface area (Å²) in [5.74, 6) is 0.891. The molecule has 2 heteroatoms. The fraction of sp³-hybridized carbons (Fsp3) is 0.647. The highest BCUT2D eigenvalue weighted by Crippen LogP contribution is 2.27. The number of benzene rings is 1. The van der Waals surface area contributed by atoms with E-state index >= 15 is 0 Å². The molecule has 2 rings (SSSR count). The van der Waals surface area contributed by atoms with Gasteiger partial charge in [-0.15, -0.1) is 0 Å². The number of nitrogens with zero attached hydrogens (tertiary/aromatic N) is 1. The van der Waals surface area contributed by atoms with E-state index in [0.29, 0.717) is 0 Å². The summed E-state index contributed by atoms with van der Waals surface area (Å²) in [5.41, 5.74) is 9.74. The predicted molar refractivity (Wildman–Crippen MR) is 83.8 cm³/mol. The summed E-state index contributed by atoms with van der Waals surface area (Å²) in [6.45, 7) is 4.15. The molecule has 0 saturated heterocycles. The molecule has 19 heavy (non-hydrogen) atoms. The first kappa shape index (κ1) is 14.4. The largest absolute Gasteiger partial charge is 0.374 e. The summed E-state index contributed by atoms with van der Waals surface area (Å²) in [6, 6.07) is 6.79. The molecule has 2 nitrogen and oxygen atoms in total. The van der Waals surface area contributed by atoms with Gasteiger partial charge in [0.15, 0.2) is 0 Å². The van der Waals surface area contributed by atoms with Crippen molar-refractivity contribution in [3.63, 3.8) is 0 Å². The van der Waals surface area contributed by atoms with Gasteiger partial charge in [-0.25, -0.2) is 0 Å². The zero-order valence-electron chi connectivity index (χ0n) is 12.5. The van der Waals surface area contributed by atoms with Gasteiger partial charge in [-0.1, -0.05) is 31.4 Å². The van der Waals surface area contributed by atoms with Crippen LogP contribution in [0.2, 0.25) is 0 Å². The highest BCUT2D eigenvalue weighted by Gasteiger charge is 2.16. The molecule has 1 aliphatic carbocycles. The molecule has 1 fully saturated rings. The molecule has 0 aromatic heterocycles. The van der Waals surface area contributed by atoms with Crippen molar-refractivity contribution in [1.82, 2.24) is 0 Å². The maximum atomic E-state index is 5.62. The van der Waals surface area contributed by atoms with Crippen molar-refractivity contribution in [3.05, 3.63) is 29.3 Å². The molecule has 0 aliphatic heterocycles. The standard InChI is InChI=1S/C17H28N2/c1-14-12-15(10-11-18)8-9-17(14)19(2)13-16-6-4-3-5-7-16/h8-9,12,16H,3-7,10-11,13,18H2,1-2H3. The van der Waals surface area contributed by atoms with Crippen molar-refractivity contribution in [2.24, 2.45) is 11.7 Å². The molecule has 0 radical (unpaired) electrons. The third-order valence-electron chi connectivity index (χ3n) is 4.36. The monoisotopic (exact) mass is 260 g/mol. The maximum Gasteiger partial charge on any atom is 0.0393 e. The fourth-order valence-electron chi connectivity index (χ4n) is 3.32. The van der Waals surface area contributed by atoms with E-state index in [1.807, 2.05) is 0 Å². The second-order valence-electron chi connectivity index (χ2n) is 6.04. The van der Waals surface area contributed by atoms with Crippen LogP contribution < -0.4 is 10.6 Å². The molecule has 1 aromatic rings. The summed E-state index contributed by atoms with van der Waals surface area (Å²) in [5, 5.41) is 0. The SMILES string of the molecule is Cc1cc(CCN)ccc1N(C)CC1CCCCC1. The van der Waals surface area contributed by atoms with E-state index in [1.165, 1.54) is 55.5 Å². The van der Waals surface area contributed by atoms with E-state index in [4.69, 9.17) is 5.73 Å². The summed E-state index contributed by atoms with van der Waals surface area (Å²) >= 11 is 0. The van der Waals surface area contributed by atoms with Gasteiger partial charge in [0.2, 0.25) is 0 Å². The first-order chi connectivity index (χ1) is 9.20. The summed E-state index contributed by atoms with van der Waals surface area (Å²) < 4.78 is 0. The smallest absolute Gasteiger partial charge is 0.0393 e. The molecule has 0 bridgehead atoms. The van der Waals surface area contributed by atoms with Crippen LogP contribution in [0, 0.1) is 12.8 Å². The van der Waals surface area contributed by atoms with Crippen LogP contribution in [0.1, 0.15) is 43.2 Å². The lowest BCUT2D eigenvalue weighted by molar-refractivity contribution is 0.362. The number of nitrogens with two attached hydrogens (primary N) is 1. The van der Waals surface area contributed by atoms with Gasteiger partial charge in [-0.3, -0.25) is 0 Å². The molecular formula is C17H28N2. The number of aryl methyl sites for hydroxylation is 1. The van der Waals surface area contributed by atoms with Gasteiger partial charge in [-0.2, -0.15) is 0 Å². The van der Waals surface area contributed by atoms with Crippen LogP contribution in [0.25, 0.3) is 0 Å². The summed E-state index contributed by atoms with van der Waals surface area (Å²) in [7, 11) is 2.24. The van der Waals surface area contributed by atoms with E-state index in [-0.39, 0.29) is 0 Å². The van der Waals surface area contributed by atoms with Crippen LogP contribution >= 0.6 is 0 Å². The van der Waals surface area contributed by atoms with Crippen molar-refractivity contribution in [2.75, 3.05) is 25.0 Å². The second-order valence-corrected chi connectivity index (χ2v) is 6.04. The van der Waals surface area contributed by atoms with E-state index in [9.17, 15) is 0 Å². The average Bonchev–Trinajstić information content (AvgIpc) is 2.40. The van der Waals surface area contributed by atoms with Gasteiger partial charge >= 0.3 is 0 Å². The molecule has 0 atom stereocenters. The number of hydrogen-bond acceptors (Lipinski definition) is 2. The fourth-order valence-corrected chi connectivity index (χ4v) is 3.32. The van der Waals surface area contributed by atoms with Gasteiger partial charge in [0.05, 0.1) is 0 Å². The molecule has 106 valence electrons.